The van der Waals surface area contributed by atoms with E-state index in [1.807, 2.05) is 0 Å². The van der Waals surface area contributed by atoms with Gasteiger partial charge in [0.05, 0.1) is 12.8 Å². The lowest BCUT2D eigenvalue weighted by atomic mass is 10.3. The lowest BCUT2D eigenvalue weighted by Crippen LogP contribution is -2.31. The van der Waals surface area contributed by atoms with E-state index >= 15 is 0 Å². The number of carbonyl (C=O) groups excluding carboxylic acids is 2. The second kappa shape index (κ2) is 3.84. The van der Waals surface area contributed by atoms with Crippen molar-refractivity contribution in [2.24, 2.45) is 0 Å². The SMILES string of the molecule is COc1ccc(N2C(=O)CN(C)C2=O)cc1. The number of hydrogen-bond donors (Lipinski definition) is 0. The Balaban J connectivity index is 2.30. The molecule has 1 saturated heterocycles. The Morgan fingerprint density at radius 2 is 1.81 bits per heavy atom. The Morgan fingerprint density at radius 3 is 2.25 bits per heavy atom. The molecule has 5 nitrogen and oxygen atoms in total. The van der Waals surface area contributed by atoms with Crippen LogP contribution < -0.4 is 9.64 Å². The Kier molecular flexibility index (Phi) is 2.52. The Morgan fingerprint density at radius 1 is 1.19 bits per heavy atom. The van der Waals surface area contributed by atoms with Crippen LogP contribution in [0.5, 0.6) is 5.75 Å². The third-order valence-electron chi connectivity index (χ3n) is 2.47. The van der Waals surface area contributed by atoms with Crippen LogP contribution in [-0.4, -0.2) is 37.5 Å². The fraction of sp³-hybridized carbons (Fsp3) is 0.273. The van der Waals surface area contributed by atoms with Gasteiger partial charge in [0.15, 0.2) is 0 Å². The molecule has 1 aromatic carbocycles. The molecule has 0 bridgehead atoms. The third-order valence-corrected chi connectivity index (χ3v) is 2.47. The summed E-state index contributed by atoms with van der Waals surface area (Å²) in [5.74, 6) is 0.480. The summed E-state index contributed by atoms with van der Waals surface area (Å²) in [7, 11) is 3.17. The molecule has 0 radical (unpaired) electrons. The molecule has 5 heteroatoms. The Hall–Kier alpha value is -2.04. The zero-order valence-electron chi connectivity index (χ0n) is 9.14. The van der Waals surface area contributed by atoms with Crippen LogP contribution in [0.1, 0.15) is 0 Å². The molecule has 1 aliphatic rings. The van der Waals surface area contributed by atoms with Gasteiger partial charge in [0.2, 0.25) is 0 Å². The van der Waals surface area contributed by atoms with Gasteiger partial charge in [-0.1, -0.05) is 0 Å². The summed E-state index contributed by atoms with van der Waals surface area (Å²) in [6.45, 7) is 0.130. The summed E-state index contributed by atoms with van der Waals surface area (Å²) in [6.07, 6.45) is 0. The molecule has 0 unspecified atom stereocenters. The molecule has 0 atom stereocenters. The van der Waals surface area contributed by atoms with Crippen molar-refractivity contribution in [1.29, 1.82) is 0 Å². The number of rotatable bonds is 2. The maximum absolute atomic E-state index is 11.7. The van der Waals surface area contributed by atoms with E-state index in [4.69, 9.17) is 4.74 Å². The van der Waals surface area contributed by atoms with Gasteiger partial charge in [0.1, 0.15) is 12.3 Å². The Bertz CT molecular complexity index is 427. The summed E-state index contributed by atoms with van der Waals surface area (Å²) in [4.78, 5) is 25.8. The van der Waals surface area contributed by atoms with Gasteiger partial charge in [0.25, 0.3) is 5.91 Å². The lowest BCUT2D eigenvalue weighted by Gasteiger charge is -2.14. The number of benzene rings is 1. The fourth-order valence-electron chi connectivity index (χ4n) is 1.60. The highest BCUT2D eigenvalue weighted by Gasteiger charge is 2.34. The Labute approximate surface area is 93.2 Å². The van der Waals surface area contributed by atoms with Crippen molar-refractivity contribution in [3.63, 3.8) is 0 Å². The van der Waals surface area contributed by atoms with Crippen LogP contribution in [0.15, 0.2) is 24.3 Å². The van der Waals surface area contributed by atoms with Crippen LogP contribution in [0.2, 0.25) is 0 Å². The molecule has 0 spiro atoms. The van der Waals surface area contributed by atoms with E-state index in [2.05, 4.69) is 0 Å². The van der Waals surface area contributed by atoms with Gasteiger partial charge in [-0.15, -0.1) is 0 Å². The highest BCUT2D eigenvalue weighted by atomic mass is 16.5. The number of imide groups is 1. The molecule has 1 aromatic rings. The summed E-state index contributed by atoms with van der Waals surface area (Å²) >= 11 is 0. The van der Waals surface area contributed by atoms with Crippen molar-refractivity contribution >= 4 is 17.6 Å². The number of methoxy groups -OCH3 is 1. The van der Waals surface area contributed by atoms with Gasteiger partial charge >= 0.3 is 6.03 Å². The molecule has 0 aliphatic carbocycles. The minimum Gasteiger partial charge on any atom is -0.497 e. The highest BCUT2D eigenvalue weighted by molar-refractivity contribution is 6.19. The van der Waals surface area contributed by atoms with E-state index < -0.39 is 0 Å². The normalized spacial score (nSPS) is 15.9. The zero-order chi connectivity index (χ0) is 11.7. The van der Waals surface area contributed by atoms with Crippen LogP contribution in [0, 0.1) is 0 Å². The molecule has 16 heavy (non-hydrogen) atoms. The van der Waals surface area contributed by atoms with Crippen LogP contribution in [0.4, 0.5) is 10.5 Å². The number of nitrogens with zero attached hydrogens (tertiary/aromatic N) is 2. The monoisotopic (exact) mass is 220 g/mol. The molecular weight excluding hydrogens is 208 g/mol. The third kappa shape index (κ3) is 1.60. The van der Waals surface area contributed by atoms with Crippen molar-refractivity contribution in [2.45, 2.75) is 0 Å². The highest BCUT2D eigenvalue weighted by Crippen LogP contribution is 2.23. The van der Waals surface area contributed by atoms with Crippen molar-refractivity contribution in [3.8, 4) is 5.75 Å². The van der Waals surface area contributed by atoms with E-state index in [9.17, 15) is 9.59 Å². The van der Waals surface area contributed by atoms with Gasteiger partial charge in [-0.2, -0.15) is 0 Å². The molecule has 3 amide bonds. The van der Waals surface area contributed by atoms with Gasteiger partial charge in [-0.25, -0.2) is 9.69 Å². The predicted octanol–water partition coefficient (Wildman–Crippen LogP) is 1.09. The van der Waals surface area contributed by atoms with Crippen molar-refractivity contribution in [2.75, 3.05) is 25.6 Å². The fourth-order valence-corrected chi connectivity index (χ4v) is 1.60. The van der Waals surface area contributed by atoms with Crippen molar-refractivity contribution < 1.29 is 14.3 Å². The molecule has 1 aliphatic heterocycles. The summed E-state index contributed by atoms with van der Waals surface area (Å²) in [5.41, 5.74) is 0.570. The maximum Gasteiger partial charge on any atom is 0.331 e. The van der Waals surface area contributed by atoms with E-state index in [0.29, 0.717) is 11.4 Å². The molecule has 0 N–H and O–H groups in total. The zero-order valence-corrected chi connectivity index (χ0v) is 9.14. The number of urea groups is 1. The minimum atomic E-state index is -0.296. The number of ether oxygens (including phenoxy) is 1. The van der Waals surface area contributed by atoms with Crippen LogP contribution in [-0.2, 0) is 4.79 Å². The van der Waals surface area contributed by atoms with E-state index in [1.165, 1.54) is 9.80 Å². The summed E-state index contributed by atoms with van der Waals surface area (Å²) in [5, 5.41) is 0. The smallest absolute Gasteiger partial charge is 0.331 e. The average Bonchev–Trinajstić information content (AvgIpc) is 2.54. The predicted molar refractivity (Wildman–Crippen MR) is 58.5 cm³/mol. The molecule has 0 saturated carbocycles. The van der Waals surface area contributed by atoms with Gasteiger partial charge in [0, 0.05) is 7.05 Å². The van der Waals surface area contributed by atoms with E-state index in [-0.39, 0.29) is 18.5 Å². The summed E-state index contributed by atoms with van der Waals surface area (Å²) in [6, 6.07) is 6.51. The van der Waals surface area contributed by atoms with E-state index in [0.717, 1.165) is 0 Å². The van der Waals surface area contributed by atoms with Gasteiger partial charge in [-0.3, -0.25) is 4.79 Å². The number of amides is 3. The number of anilines is 1. The molecule has 1 fully saturated rings. The van der Waals surface area contributed by atoms with Crippen molar-refractivity contribution in [1.82, 2.24) is 4.90 Å². The first-order valence-corrected chi connectivity index (χ1v) is 4.85. The molecular formula is C11H12N2O3. The van der Waals surface area contributed by atoms with Crippen LogP contribution >= 0.6 is 0 Å². The van der Waals surface area contributed by atoms with Crippen molar-refractivity contribution in [3.05, 3.63) is 24.3 Å². The van der Waals surface area contributed by atoms with Crippen LogP contribution in [0.3, 0.4) is 0 Å². The second-order valence-electron chi connectivity index (χ2n) is 3.57. The standard InChI is InChI=1S/C11H12N2O3/c1-12-7-10(14)13(11(12)15)8-3-5-9(16-2)6-4-8/h3-6H,7H2,1-2H3. The molecule has 2 rings (SSSR count). The topological polar surface area (TPSA) is 49.9 Å². The molecule has 0 aromatic heterocycles. The largest absolute Gasteiger partial charge is 0.497 e. The average molecular weight is 220 g/mol. The number of carbonyl (C=O) groups is 2. The molecule has 84 valence electrons. The first kappa shape index (κ1) is 10.5. The van der Waals surface area contributed by atoms with Gasteiger partial charge < -0.3 is 9.64 Å². The maximum atomic E-state index is 11.7. The lowest BCUT2D eigenvalue weighted by molar-refractivity contribution is -0.116. The minimum absolute atomic E-state index is 0.130. The number of likely N-dealkylation sites (N-methyl/N-ethyl adjacent to an activating group) is 1. The first-order chi connectivity index (χ1) is 7.63. The first-order valence-electron chi connectivity index (χ1n) is 4.85. The summed E-state index contributed by atoms with van der Waals surface area (Å²) < 4.78 is 5.01. The quantitative estimate of drug-likeness (QED) is 0.701. The second-order valence-corrected chi connectivity index (χ2v) is 3.57. The van der Waals surface area contributed by atoms with Gasteiger partial charge in [-0.05, 0) is 24.3 Å². The number of hydrogen-bond acceptors (Lipinski definition) is 3. The van der Waals surface area contributed by atoms with E-state index in [1.54, 1.807) is 38.4 Å². The van der Waals surface area contributed by atoms with Crippen LogP contribution in [0.25, 0.3) is 0 Å². The molecule has 1 heterocycles.